The van der Waals surface area contributed by atoms with Gasteiger partial charge in [0.05, 0.1) is 20.3 Å². The highest BCUT2D eigenvalue weighted by atomic mass is 127. The monoisotopic (exact) mass is 928 g/mol. The van der Waals surface area contributed by atoms with Crippen molar-refractivity contribution < 1.29 is 14.6 Å². The van der Waals surface area contributed by atoms with Gasteiger partial charge in [0.15, 0.2) is 5.75 Å². The topological polar surface area (TPSA) is 84.6 Å². The fourth-order valence-electron chi connectivity index (χ4n) is 3.61. The Hall–Kier alpha value is -0.1000. The van der Waals surface area contributed by atoms with Crippen LogP contribution in [0.25, 0.3) is 0 Å². The van der Waals surface area contributed by atoms with Gasteiger partial charge in [-0.3, -0.25) is 4.79 Å². The summed E-state index contributed by atoms with van der Waals surface area (Å²) in [6.45, 7) is 0. The van der Waals surface area contributed by atoms with Gasteiger partial charge >= 0.3 is 0 Å². The third-order valence-corrected chi connectivity index (χ3v) is 8.65. The number of benzene rings is 3. The molecule has 3 atom stereocenters. The van der Waals surface area contributed by atoms with Crippen LogP contribution >= 0.6 is 103 Å². The summed E-state index contributed by atoms with van der Waals surface area (Å²) in [6.07, 6.45) is 1.41. The van der Waals surface area contributed by atoms with Gasteiger partial charge in [-0.05, 0) is 139 Å². The van der Waals surface area contributed by atoms with Crippen molar-refractivity contribution in [3.63, 3.8) is 0 Å². The number of hydrogen-bond donors (Lipinski definition) is 3. The molecule has 0 bridgehead atoms. The minimum absolute atomic E-state index is 0. The third kappa shape index (κ3) is 7.01. The molecule has 34 heavy (non-hydrogen) atoms. The second kappa shape index (κ2) is 12.4. The first-order valence-corrected chi connectivity index (χ1v) is 14.5. The lowest BCUT2D eigenvalue weighted by Gasteiger charge is -2.16. The van der Waals surface area contributed by atoms with Crippen LogP contribution in [0.2, 0.25) is 0 Å². The second-order valence-corrected chi connectivity index (χ2v) is 12.6. The van der Waals surface area contributed by atoms with Gasteiger partial charge in [-0.25, -0.2) is 0 Å². The van der Waals surface area contributed by atoms with Gasteiger partial charge in [-0.1, -0.05) is 30.3 Å². The van der Waals surface area contributed by atoms with E-state index in [2.05, 4.69) is 108 Å². The average Bonchev–Trinajstić information content (AvgIpc) is 3.54. The number of phenolic OH excluding ortho intramolecular Hbond substituents is 1. The van der Waals surface area contributed by atoms with E-state index < -0.39 is 6.04 Å². The fourth-order valence-corrected chi connectivity index (χ4v) is 7.43. The lowest BCUT2D eigenvalue weighted by molar-refractivity contribution is -0.122. The predicted octanol–water partition coefficient (Wildman–Crippen LogP) is 6.57. The molecule has 1 aliphatic rings. The van der Waals surface area contributed by atoms with Crippen molar-refractivity contribution in [1.29, 1.82) is 0 Å². The smallest absolute Gasteiger partial charge is 0.237 e. The predicted molar refractivity (Wildman–Crippen MR) is 170 cm³/mol. The molecule has 3 aromatic carbocycles. The molecule has 0 saturated heterocycles. The van der Waals surface area contributed by atoms with Crippen LogP contribution in [-0.2, 0) is 11.2 Å². The van der Waals surface area contributed by atoms with E-state index in [1.807, 2.05) is 30.3 Å². The van der Waals surface area contributed by atoms with Gasteiger partial charge in [0.2, 0.25) is 5.91 Å². The van der Waals surface area contributed by atoms with Gasteiger partial charge in [0, 0.05) is 12.0 Å². The van der Waals surface area contributed by atoms with E-state index in [9.17, 15) is 9.90 Å². The molecular formula is C24H21ClI4N2O3. The molecule has 1 amide bonds. The van der Waals surface area contributed by atoms with Crippen molar-refractivity contribution >= 4 is 109 Å². The first-order chi connectivity index (χ1) is 15.7. The minimum atomic E-state index is -0.611. The largest absolute Gasteiger partial charge is 0.506 e. The molecule has 1 saturated carbocycles. The summed E-state index contributed by atoms with van der Waals surface area (Å²) in [4.78, 5) is 12.7. The van der Waals surface area contributed by atoms with Gasteiger partial charge in [0.1, 0.15) is 11.5 Å². The number of carbonyl (C=O) groups excluding carboxylic acids is 1. The lowest BCUT2D eigenvalue weighted by Crippen LogP contribution is -2.43. The van der Waals surface area contributed by atoms with E-state index >= 15 is 0 Å². The summed E-state index contributed by atoms with van der Waals surface area (Å²) in [6, 6.07) is 17.4. The molecule has 1 aliphatic carbocycles. The molecule has 0 radical (unpaired) electrons. The normalized spacial score (nSPS) is 17.4. The van der Waals surface area contributed by atoms with Gasteiger partial charge in [-0.15, -0.1) is 12.4 Å². The standard InChI is InChI=1S/C24H20I4N2O3.ClH/c25-16-9-14(10-17(26)22(16)31)33-23-18(27)6-12(7-19(23)28)8-20(29)24(32)30-21-11-15(21)13-4-2-1-3-5-13;/h1-7,9-10,15,20-21,31H,8,11,29H2,(H,30,32);1H/t15-,20-,21+;/m0./s1. The van der Waals surface area contributed by atoms with Gasteiger partial charge < -0.3 is 20.9 Å². The molecule has 180 valence electrons. The first kappa shape index (κ1) is 28.5. The number of phenols is 1. The van der Waals surface area contributed by atoms with Crippen molar-refractivity contribution in [2.45, 2.75) is 30.8 Å². The van der Waals surface area contributed by atoms with Crippen LogP contribution in [0.5, 0.6) is 17.2 Å². The molecule has 4 rings (SSSR count). The Labute approximate surface area is 259 Å². The van der Waals surface area contributed by atoms with E-state index in [1.165, 1.54) is 5.56 Å². The summed E-state index contributed by atoms with van der Waals surface area (Å²) in [5, 5.41) is 13.1. The number of amides is 1. The van der Waals surface area contributed by atoms with Crippen molar-refractivity contribution in [2.24, 2.45) is 5.73 Å². The minimum Gasteiger partial charge on any atom is -0.506 e. The van der Waals surface area contributed by atoms with Crippen molar-refractivity contribution in [2.75, 3.05) is 0 Å². The Balaban J connectivity index is 0.00000324. The van der Waals surface area contributed by atoms with Crippen LogP contribution in [0.4, 0.5) is 0 Å². The Morgan fingerprint density at radius 3 is 2.21 bits per heavy atom. The molecule has 1 fully saturated rings. The van der Waals surface area contributed by atoms with Crippen LogP contribution < -0.4 is 15.8 Å². The van der Waals surface area contributed by atoms with Gasteiger partial charge in [0.25, 0.3) is 0 Å². The van der Waals surface area contributed by atoms with E-state index in [4.69, 9.17) is 10.5 Å². The Morgan fingerprint density at radius 2 is 1.62 bits per heavy atom. The number of nitrogens with two attached hydrogens (primary N) is 1. The summed E-state index contributed by atoms with van der Waals surface area (Å²) in [7, 11) is 0. The Kier molecular flexibility index (Phi) is 10.4. The number of hydrogen-bond acceptors (Lipinski definition) is 4. The number of aromatic hydroxyl groups is 1. The molecule has 4 N–H and O–H groups in total. The van der Waals surface area contributed by atoms with Crippen molar-refractivity contribution in [1.82, 2.24) is 5.32 Å². The molecule has 0 spiro atoms. The number of halogens is 5. The van der Waals surface area contributed by atoms with Crippen LogP contribution in [-0.4, -0.2) is 23.1 Å². The molecule has 10 heteroatoms. The lowest BCUT2D eigenvalue weighted by atomic mass is 10.1. The summed E-state index contributed by atoms with van der Waals surface area (Å²) < 4.78 is 9.47. The molecule has 0 aromatic heterocycles. The molecule has 0 aliphatic heterocycles. The zero-order valence-electron chi connectivity index (χ0n) is 17.6. The van der Waals surface area contributed by atoms with E-state index in [-0.39, 0.29) is 30.1 Å². The van der Waals surface area contributed by atoms with E-state index in [0.717, 1.165) is 32.0 Å². The Morgan fingerprint density at radius 1 is 1.03 bits per heavy atom. The third-order valence-electron chi connectivity index (χ3n) is 5.41. The number of nitrogens with one attached hydrogen (secondary N) is 1. The van der Waals surface area contributed by atoms with Crippen LogP contribution in [0.1, 0.15) is 23.5 Å². The zero-order chi connectivity index (χ0) is 23.7. The maximum absolute atomic E-state index is 12.7. The van der Waals surface area contributed by atoms with Crippen LogP contribution in [0, 0.1) is 14.3 Å². The van der Waals surface area contributed by atoms with Crippen LogP contribution in [0.3, 0.4) is 0 Å². The number of ether oxygens (including phenoxy) is 1. The second-order valence-electron chi connectivity index (χ2n) is 7.90. The maximum atomic E-state index is 12.7. The summed E-state index contributed by atoms with van der Waals surface area (Å²) in [5.74, 6) is 1.94. The fraction of sp³-hybridized carbons (Fsp3) is 0.208. The number of rotatable bonds is 7. The van der Waals surface area contributed by atoms with Crippen LogP contribution in [0.15, 0.2) is 54.6 Å². The molecular weight excluding hydrogens is 907 g/mol. The quantitative estimate of drug-likeness (QED) is 0.235. The highest BCUT2D eigenvalue weighted by Gasteiger charge is 2.40. The molecule has 0 unspecified atom stereocenters. The SMILES string of the molecule is Cl.N[C@@H](Cc1cc(I)c(Oc2cc(I)c(O)c(I)c2)c(I)c1)C(=O)N[C@@H]1C[C@H]1c1ccccc1. The molecule has 0 heterocycles. The van der Waals surface area contributed by atoms with Gasteiger partial charge in [-0.2, -0.15) is 0 Å². The highest BCUT2D eigenvalue weighted by Crippen LogP contribution is 2.41. The molecule has 3 aromatic rings. The number of carbonyl (C=O) groups is 1. The summed E-state index contributed by atoms with van der Waals surface area (Å²) in [5.41, 5.74) is 8.49. The van der Waals surface area contributed by atoms with Crippen molar-refractivity contribution in [3.8, 4) is 17.2 Å². The first-order valence-electron chi connectivity index (χ1n) is 10.2. The van der Waals surface area contributed by atoms with Crippen molar-refractivity contribution in [3.05, 3.63) is 80.0 Å². The zero-order valence-corrected chi connectivity index (χ0v) is 27.1. The van der Waals surface area contributed by atoms with E-state index in [1.54, 1.807) is 12.1 Å². The Bertz CT molecular complexity index is 1150. The highest BCUT2D eigenvalue weighted by molar-refractivity contribution is 14.1. The maximum Gasteiger partial charge on any atom is 0.237 e. The summed E-state index contributed by atoms with van der Waals surface area (Å²) >= 11 is 8.66. The van der Waals surface area contributed by atoms with E-state index in [0.29, 0.717) is 18.1 Å². The molecule has 5 nitrogen and oxygen atoms in total. The average molecular weight is 929 g/mol.